The molecule has 2 atom stereocenters. The topological polar surface area (TPSA) is 30.3 Å². The summed E-state index contributed by atoms with van der Waals surface area (Å²) in [5.41, 5.74) is 1.61. The molecule has 0 aliphatic carbocycles. The Bertz CT molecular complexity index is 717. The van der Waals surface area contributed by atoms with Crippen molar-refractivity contribution in [3.8, 4) is 0 Å². The molecule has 2 aromatic rings. The quantitative estimate of drug-likeness (QED) is 0.759. The van der Waals surface area contributed by atoms with Gasteiger partial charge >= 0.3 is 0 Å². The van der Waals surface area contributed by atoms with Crippen molar-refractivity contribution in [1.82, 2.24) is 14.7 Å². The molecule has 0 N–H and O–H groups in total. The van der Waals surface area contributed by atoms with Crippen LogP contribution >= 0.6 is 11.3 Å². The van der Waals surface area contributed by atoms with Crippen LogP contribution in [-0.4, -0.2) is 40.5 Å². The van der Waals surface area contributed by atoms with E-state index in [2.05, 4.69) is 47.6 Å². The number of ether oxygens (including phenoxy) is 1. The summed E-state index contributed by atoms with van der Waals surface area (Å²) in [7, 11) is 2.00. The summed E-state index contributed by atoms with van der Waals surface area (Å²) in [5, 5.41) is 6.60. The molecular weight excluding hydrogens is 342 g/mol. The minimum atomic E-state index is 0.0115. The lowest BCUT2D eigenvalue weighted by Crippen LogP contribution is -2.44. The average molecular weight is 374 g/mol. The fourth-order valence-electron chi connectivity index (χ4n) is 4.81. The van der Waals surface area contributed by atoms with Gasteiger partial charge in [-0.25, -0.2) is 0 Å². The Morgan fingerprint density at radius 1 is 1.42 bits per heavy atom. The minimum Gasteiger partial charge on any atom is -0.378 e. The molecule has 4 nitrogen and oxygen atoms in total. The molecule has 2 unspecified atom stereocenters. The van der Waals surface area contributed by atoms with Crippen LogP contribution in [0.25, 0.3) is 0 Å². The molecule has 5 heteroatoms. The number of rotatable bonds is 6. The molecular formula is C21H31N3OS. The second kappa shape index (κ2) is 7.10. The highest BCUT2D eigenvalue weighted by molar-refractivity contribution is 7.09. The molecule has 2 saturated heterocycles. The third kappa shape index (κ3) is 3.37. The zero-order chi connectivity index (χ0) is 18.2. The van der Waals surface area contributed by atoms with Crippen molar-refractivity contribution >= 4 is 11.3 Å². The van der Waals surface area contributed by atoms with Gasteiger partial charge in [0.25, 0.3) is 0 Å². The Kier molecular flexibility index (Phi) is 4.97. The lowest BCUT2D eigenvalue weighted by atomic mass is 9.75. The van der Waals surface area contributed by atoms with Gasteiger partial charge < -0.3 is 4.74 Å². The van der Waals surface area contributed by atoms with E-state index in [1.165, 1.54) is 42.5 Å². The van der Waals surface area contributed by atoms with E-state index >= 15 is 0 Å². The molecule has 4 heterocycles. The van der Waals surface area contributed by atoms with Gasteiger partial charge in [-0.2, -0.15) is 5.10 Å². The highest BCUT2D eigenvalue weighted by Gasteiger charge is 2.49. The van der Waals surface area contributed by atoms with Gasteiger partial charge in [0, 0.05) is 47.8 Å². The zero-order valence-electron chi connectivity index (χ0n) is 16.3. The van der Waals surface area contributed by atoms with Crippen LogP contribution < -0.4 is 0 Å². The minimum absolute atomic E-state index is 0.0115. The van der Waals surface area contributed by atoms with Crippen LogP contribution in [0.2, 0.25) is 0 Å². The number of hydrogen-bond acceptors (Lipinski definition) is 4. The second-order valence-electron chi connectivity index (χ2n) is 8.58. The van der Waals surface area contributed by atoms with E-state index in [0.29, 0.717) is 11.5 Å². The largest absolute Gasteiger partial charge is 0.378 e. The smallest absolute Gasteiger partial charge is 0.0645 e. The van der Waals surface area contributed by atoms with Crippen LogP contribution in [0.4, 0.5) is 0 Å². The molecule has 26 heavy (non-hydrogen) atoms. The predicted octanol–water partition coefficient (Wildman–Crippen LogP) is 4.22. The van der Waals surface area contributed by atoms with Crippen LogP contribution in [-0.2, 0) is 23.7 Å². The normalized spacial score (nSPS) is 27.4. The molecule has 0 aromatic carbocycles. The van der Waals surface area contributed by atoms with Gasteiger partial charge in [-0.15, -0.1) is 11.3 Å². The Balaban J connectivity index is 1.53. The molecule has 2 aromatic heterocycles. The Morgan fingerprint density at radius 2 is 2.31 bits per heavy atom. The Labute approximate surface area is 161 Å². The fraction of sp³-hybridized carbons (Fsp3) is 0.667. The van der Waals surface area contributed by atoms with E-state index in [-0.39, 0.29) is 5.54 Å². The summed E-state index contributed by atoms with van der Waals surface area (Å²) >= 11 is 1.89. The lowest BCUT2D eigenvalue weighted by molar-refractivity contribution is -0.00822. The lowest BCUT2D eigenvalue weighted by Gasteiger charge is -2.39. The van der Waals surface area contributed by atoms with Crippen LogP contribution in [0, 0.1) is 5.41 Å². The summed E-state index contributed by atoms with van der Waals surface area (Å²) in [5.74, 6) is 0. The molecule has 0 bridgehead atoms. The number of hydrogen-bond donors (Lipinski definition) is 0. The number of nitrogens with zero attached hydrogens (tertiary/aromatic N) is 3. The third-order valence-electron chi connectivity index (χ3n) is 6.65. The van der Waals surface area contributed by atoms with Crippen LogP contribution in [0.5, 0.6) is 0 Å². The van der Waals surface area contributed by atoms with Crippen molar-refractivity contribution in [2.24, 2.45) is 12.5 Å². The number of likely N-dealkylation sites (tertiary alicyclic amines) is 1. The van der Waals surface area contributed by atoms with E-state index in [9.17, 15) is 0 Å². The van der Waals surface area contributed by atoms with Gasteiger partial charge in [-0.05, 0) is 63.9 Å². The molecule has 2 aliphatic rings. The first-order valence-corrected chi connectivity index (χ1v) is 10.8. The number of thiophene rings is 1. The summed E-state index contributed by atoms with van der Waals surface area (Å²) in [4.78, 5) is 4.17. The molecule has 0 saturated carbocycles. The van der Waals surface area contributed by atoms with Gasteiger partial charge in [0.1, 0.15) is 0 Å². The van der Waals surface area contributed by atoms with Crippen molar-refractivity contribution in [2.75, 3.05) is 19.7 Å². The van der Waals surface area contributed by atoms with E-state index in [1.807, 2.05) is 29.3 Å². The summed E-state index contributed by atoms with van der Waals surface area (Å²) in [6.07, 6.45) is 10.7. The van der Waals surface area contributed by atoms with Crippen LogP contribution in [0.15, 0.2) is 29.9 Å². The molecule has 0 amide bonds. The third-order valence-corrected chi connectivity index (χ3v) is 7.59. The van der Waals surface area contributed by atoms with Crippen molar-refractivity contribution in [3.63, 3.8) is 0 Å². The average Bonchev–Trinajstić information content (AvgIpc) is 3.38. The molecule has 4 rings (SSSR count). The number of aromatic nitrogens is 2. The van der Waals surface area contributed by atoms with Crippen LogP contribution in [0.1, 0.15) is 50.0 Å². The molecule has 2 fully saturated rings. The number of aryl methyl sites for hydroxylation is 2. The maximum absolute atomic E-state index is 6.24. The van der Waals surface area contributed by atoms with E-state index in [0.717, 1.165) is 19.7 Å². The fourth-order valence-corrected chi connectivity index (χ4v) is 5.52. The summed E-state index contributed by atoms with van der Waals surface area (Å²) < 4.78 is 8.16. The standard InChI is InChI=1S/C21H31N3OS/c1-20(2,17-14-22-23(3)15-17)24-11-10-21(16-24,19-7-4-12-25-19)9-8-18-6-5-13-26-18/h5-6,13-15,19H,4,7-12,16H2,1-3H3. The van der Waals surface area contributed by atoms with Crippen molar-refractivity contribution < 1.29 is 4.74 Å². The van der Waals surface area contributed by atoms with Crippen molar-refractivity contribution in [2.45, 2.75) is 57.6 Å². The molecule has 2 aliphatic heterocycles. The van der Waals surface area contributed by atoms with E-state index < -0.39 is 0 Å². The zero-order valence-corrected chi connectivity index (χ0v) is 17.1. The molecule has 0 radical (unpaired) electrons. The highest BCUT2D eigenvalue weighted by atomic mass is 32.1. The van der Waals surface area contributed by atoms with Crippen molar-refractivity contribution in [3.05, 3.63) is 40.3 Å². The highest BCUT2D eigenvalue weighted by Crippen LogP contribution is 2.47. The van der Waals surface area contributed by atoms with Crippen molar-refractivity contribution in [1.29, 1.82) is 0 Å². The SMILES string of the molecule is Cn1cc(C(C)(C)N2CCC(CCc3cccs3)(C3CCCO3)C2)cn1. The molecule has 142 valence electrons. The first-order valence-electron chi connectivity index (χ1n) is 9.88. The second-order valence-corrected chi connectivity index (χ2v) is 9.61. The summed E-state index contributed by atoms with van der Waals surface area (Å²) in [6, 6.07) is 4.45. The summed E-state index contributed by atoms with van der Waals surface area (Å²) in [6.45, 7) is 7.90. The van der Waals surface area contributed by atoms with Gasteiger partial charge in [0.2, 0.25) is 0 Å². The Morgan fingerprint density at radius 3 is 2.96 bits per heavy atom. The van der Waals surface area contributed by atoms with E-state index in [4.69, 9.17) is 4.74 Å². The van der Waals surface area contributed by atoms with Gasteiger partial charge in [-0.3, -0.25) is 9.58 Å². The maximum atomic E-state index is 6.24. The van der Waals surface area contributed by atoms with Gasteiger partial charge in [-0.1, -0.05) is 6.07 Å². The first kappa shape index (κ1) is 18.2. The molecule has 0 spiro atoms. The maximum Gasteiger partial charge on any atom is 0.0645 e. The van der Waals surface area contributed by atoms with Gasteiger partial charge in [0.05, 0.1) is 12.3 Å². The van der Waals surface area contributed by atoms with E-state index in [1.54, 1.807) is 0 Å². The monoisotopic (exact) mass is 373 g/mol. The van der Waals surface area contributed by atoms with Crippen LogP contribution in [0.3, 0.4) is 0 Å². The predicted molar refractivity (Wildman–Crippen MR) is 106 cm³/mol. The Hall–Kier alpha value is -1.17. The first-order chi connectivity index (χ1) is 12.5. The van der Waals surface area contributed by atoms with Gasteiger partial charge in [0.15, 0.2) is 0 Å².